The van der Waals surface area contributed by atoms with Crippen molar-refractivity contribution < 1.29 is 0 Å². The maximum Gasteiger partial charge on any atom is 0.0341 e. The summed E-state index contributed by atoms with van der Waals surface area (Å²) in [7, 11) is 0. The van der Waals surface area contributed by atoms with Crippen molar-refractivity contribution in [3.8, 4) is 0 Å². The van der Waals surface area contributed by atoms with Crippen molar-refractivity contribution in [3.05, 3.63) is 40.9 Å². The molecular weight excluding hydrogens is 250 g/mol. The highest BCUT2D eigenvalue weighted by Gasteiger charge is 2.08. The van der Waals surface area contributed by atoms with Gasteiger partial charge in [0.1, 0.15) is 0 Å². The Morgan fingerprint density at radius 1 is 1.20 bits per heavy atom. The van der Waals surface area contributed by atoms with Gasteiger partial charge in [0.15, 0.2) is 0 Å². The molecule has 0 bridgehead atoms. The molecule has 1 aliphatic carbocycles. The maximum atomic E-state index is 3.49. The van der Waals surface area contributed by atoms with Crippen LogP contribution in [0.5, 0.6) is 0 Å². The molecule has 0 saturated heterocycles. The average molecular weight is 266 g/mol. The molecule has 1 aliphatic rings. The Labute approximate surface area is 99.7 Å². The predicted octanol–water partition coefficient (Wildman–Crippen LogP) is 4.22. The van der Waals surface area contributed by atoms with Crippen molar-refractivity contribution in [1.29, 1.82) is 0 Å². The Morgan fingerprint density at radius 2 is 2.00 bits per heavy atom. The van der Waals surface area contributed by atoms with Gasteiger partial charge in [-0.3, -0.25) is 0 Å². The minimum Gasteiger partial charge on any atom is -0.385 e. The lowest BCUT2D eigenvalue weighted by Crippen LogP contribution is -2.15. The molecule has 0 amide bonds. The molecule has 0 saturated carbocycles. The van der Waals surface area contributed by atoms with Crippen LogP contribution in [0, 0.1) is 5.92 Å². The van der Waals surface area contributed by atoms with Crippen LogP contribution in [0.1, 0.15) is 19.3 Å². The van der Waals surface area contributed by atoms with Crippen molar-refractivity contribution >= 4 is 21.6 Å². The Kier molecular flexibility index (Phi) is 3.84. The van der Waals surface area contributed by atoms with Gasteiger partial charge < -0.3 is 5.32 Å². The molecule has 1 aromatic carbocycles. The molecule has 80 valence electrons. The maximum absolute atomic E-state index is 3.49. The first-order chi connectivity index (χ1) is 7.34. The van der Waals surface area contributed by atoms with Crippen molar-refractivity contribution in [2.75, 3.05) is 11.9 Å². The van der Waals surface area contributed by atoms with Gasteiger partial charge in [0.05, 0.1) is 0 Å². The summed E-state index contributed by atoms with van der Waals surface area (Å²) in [6, 6.07) is 8.37. The van der Waals surface area contributed by atoms with Crippen molar-refractivity contribution in [2.24, 2.45) is 5.92 Å². The van der Waals surface area contributed by atoms with E-state index in [0.717, 1.165) is 16.9 Å². The number of hydrogen-bond donors (Lipinski definition) is 1. The summed E-state index contributed by atoms with van der Waals surface area (Å²) in [5.74, 6) is 0.804. The summed E-state index contributed by atoms with van der Waals surface area (Å²) in [6.07, 6.45) is 8.38. The number of allylic oxidation sites excluding steroid dienone is 2. The summed E-state index contributed by atoms with van der Waals surface area (Å²) in [5, 5.41) is 3.49. The molecule has 0 heterocycles. The molecular formula is C13H16BrN. The lowest BCUT2D eigenvalue weighted by Gasteiger charge is -2.18. The third-order valence-electron chi connectivity index (χ3n) is 2.82. The molecule has 0 aromatic heterocycles. The van der Waals surface area contributed by atoms with E-state index in [4.69, 9.17) is 0 Å². The number of rotatable bonds is 3. The second kappa shape index (κ2) is 5.36. The first kappa shape index (κ1) is 10.7. The number of nitrogens with one attached hydrogen (secondary N) is 1. The van der Waals surface area contributed by atoms with Crippen LogP contribution >= 0.6 is 15.9 Å². The fraction of sp³-hybridized carbons (Fsp3) is 0.385. The molecule has 2 heteroatoms. The van der Waals surface area contributed by atoms with Gasteiger partial charge in [-0.15, -0.1) is 0 Å². The highest BCUT2D eigenvalue weighted by molar-refractivity contribution is 9.10. The minimum absolute atomic E-state index is 0.804. The third kappa shape index (κ3) is 3.38. The summed E-state index contributed by atoms with van der Waals surface area (Å²) in [4.78, 5) is 0. The Balaban J connectivity index is 1.82. The fourth-order valence-electron chi connectivity index (χ4n) is 1.87. The second-order valence-electron chi connectivity index (χ2n) is 4.04. The summed E-state index contributed by atoms with van der Waals surface area (Å²) in [5.41, 5.74) is 1.22. The van der Waals surface area contributed by atoms with E-state index < -0.39 is 0 Å². The number of hydrogen-bond acceptors (Lipinski definition) is 1. The average Bonchev–Trinajstić information content (AvgIpc) is 2.30. The van der Waals surface area contributed by atoms with Crippen LogP contribution in [0.25, 0.3) is 0 Å². The van der Waals surface area contributed by atoms with E-state index in [1.54, 1.807) is 0 Å². The molecule has 1 unspecified atom stereocenters. The Morgan fingerprint density at radius 3 is 2.67 bits per heavy atom. The largest absolute Gasteiger partial charge is 0.385 e. The quantitative estimate of drug-likeness (QED) is 0.808. The van der Waals surface area contributed by atoms with Gasteiger partial charge in [-0.25, -0.2) is 0 Å². The zero-order valence-corrected chi connectivity index (χ0v) is 10.3. The molecule has 2 rings (SSSR count). The normalized spacial score (nSPS) is 20.2. The molecule has 0 aliphatic heterocycles. The van der Waals surface area contributed by atoms with Gasteiger partial charge in [0, 0.05) is 16.7 Å². The lowest BCUT2D eigenvalue weighted by molar-refractivity contribution is 0.504. The van der Waals surface area contributed by atoms with Crippen LogP contribution < -0.4 is 5.32 Å². The topological polar surface area (TPSA) is 12.0 Å². The van der Waals surface area contributed by atoms with E-state index in [2.05, 4.69) is 57.7 Å². The van der Waals surface area contributed by atoms with Crippen LogP contribution in [0.3, 0.4) is 0 Å². The SMILES string of the molecule is Brc1ccc(NCC2CC=CCC2)cc1. The molecule has 15 heavy (non-hydrogen) atoms. The fourth-order valence-corrected chi connectivity index (χ4v) is 2.14. The molecule has 0 fully saturated rings. The van der Waals surface area contributed by atoms with Gasteiger partial charge in [-0.1, -0.05) is 28.1 Å². The van der Waals surface area contributed by atoms with Crippen molar-refractivity contribution in [3.63, 3.8) is 0 Å². The lowest BCUT2D eigenvalue weighted by atomic mass is 9.94. The van der Waals surface area contributed by atoms with E-state index in [1.807, 2.05) is 0 Å². The standard InChI is InChI=1S/C13H16BrN/c14-12-6-8-13(9-7-12)15-10-11-4-2-1-3-5-11/h1-2,6-9,11,15H,3-5,10H2. The first-order valence-electron chi connectivity index (χ1n) is 5.49. The van der Waals surface area contributed by atoms with Gasteiger partial charge >= 0.3 is 0 Å². The smallest absolute Gasteiger partial charge is 0.0341 e. The Bertz CT molecular complexity index is 329. The van der Waals surface area contributed by atoms with Gasteiger partial charge in [-0.05, 0) is 49.4 Å². The van der Waals surface area contributed by atoms with Crippen molar-refractivity contribution in [1.82, 2.24) is 0 Å². The van der Waals surface area contributed by atoms with Crippen LogP contribution in [0.4, 0.5) is 5.69 Å². The molecule has 1 aromatic rings. The van der Waals surface area contributed by atoms with Gasteiger partial charge in [0.25, 0.3) is 0 Å². The van der Waals surface area contributed by atoms with Crippen LogP contribution in [-0.4, -0.2) is 6.54 Å². The van der Waals surface area contributed by atoms with E-state index in [1.165, 1.54) is 24.9 Å². The minimum atomic E-state index is 0.804. The van der Waals surface area contributed by atoms with E-state index in [-0.39, 0.29) is 0 Å². The molecule has 1 nitrogen and oxygen atoms in total. The highest BCUT2D eigenvalue weighted by atomic mass is 79.9. The first-order valence-corrected chi connectivity index (χ1v) is 6.28. The van der Waals surface area contributed by atoms with Gasteiger partial charge in [0.2, 0.25) is 0 Å². The summed E-state index contributed by atoms with van der Waals surface area (Å²) < 4.78 is 1.13. The number of halogens is 1. The predicted molar refractivity (Wildman–Crippen MR) is 69.1 cm³/mol. The Hall–Kier alpha value is -0.760. The van der Waals surface area contributed by atoms with Crippen molar-refractivity contribution in [2.45, 2.75) is 19.3 Å². The monoisotopic (exact) mass is 265 g/mol. The van der Waals surface area contributed by atoms with Gasteiger partial charge in [-0.2, -0.15) is 0 Å². The molecule has 0 radical (unpaired) electrons. The molecule has 0 spiro atoms. The van der Waals surface area contributed by atoms with Crippen LogP contribution in [0.2, 0.25) is 0 Å². The van der Waals surface area contributed by atoms with Crippen LogP contribution in [0.15, 0.2) is 40.9 Å². The zero-order valence-electron chi connectivity index (χ0n) is 8.75. The highest BCUT2D eigenvalue weighted by Crippen LogP contribution is 2.19. The van der Waals surface area contributed by atoms with E-state index in [0.29, 0.717) is 0 Å². The third-order valence-corrected chi connectivity index (χ3v) is 3.35. The zero-order chi connectivity index (χ0) is 10.5. The van der Waals surface area contributed by atoms with E-state index in [9.17, 15) is 0 Å². The number of anilines is 1. The number of benzene rings is 1. The summed E-state index contributed by atoms with van der Waals surface area (Å²) >= 11 is 3.44. The molecule has 1 atom stereocenters. The van der Waals surface area contributed by atoms with Crippen LogP contribution in [-0.2, 0) is 0 Å². The second-order valence-corrected chi connectivity index (χ2v) is 4.95. The molecule has 1 N–H and O–H groups in total. The summed E-state index contributed by atoms with van der Waals surface area (Å²) in [6.45, 7) is 1.09. The van der Waals surface area contributed by atoms with E-state index >= 15 is 0 Å².